The van der Waals surface area contributed by atoms with Crippen LogP contribution in [0.1, 0.15) is 53.0 Å². The van der Waals surface area contributed by atoms with Gasteiger partial charge < -0.3 is 19.9 Å². The van der Waals surface area contributed by atoms with E-state index in [0.29, 0.717) is 24.6 Å². The Morgan fingerprint density at radius 2 is 1.77 bits per heavy atom. The summed E-state index contributed by atoms with van der Waals surface area (Å²) in [4.78, 5) is 35.3. The summed E-state index contributed by atoms with van der Waals surface area (Å²) >= 11 is 1.61. The van der Waals surface area contributed by atoms with Crippen LogP contribution in [0.3, 0.4) is 0 Å². The Bertz CT molecular complexity index is 1290. The number of hydrogen-bond donors (Lipinski definition) is 1. The van der Waals surface area contributed by atoms with Crippen molar-refractivity contribution in [3.05, 3.63) is 82.0 Å². The molecule has 2 aromatic carbocycles. The molecule has 1 saturated heterocycles. The summed E-state index contributed by atoms with van der Waals surface area (Å²) in [5.41, 5.74) is 2.62. The molecular weight excluding hydrogens is 520 g/mol. The standard InChI is InChI=1S/C32H40N4O3S/c1-23(2)22-36-30(28-14-8-21-40-28)29(24-10-4-5-11-25(24)32(36)38)31(37)33-15-9-16-34-17-19-35(20-18-34)26-12-6-7-13-27(26)39-3/h4-8,10-14,21,23,29-30H,9,15-20,22H2,1-3H3,(H,33,37)/t29-,30+/m1/s1. The molecule has 7 nitrogen and oxygen atoms in total. The van der Waals surface area contributed by atoms with Gasteiger partial charge in [0.2, 0.25) is 5.91 Å². The minimum Gasteiger partial charge on any atom is -0.495 e. The van der Waals surface area contributed by atoms with E-state index in [2.05, 4.69) is 47.2 Å². The van der Waals surface area contributed by atoms with Crippen LogP contribution in [0.2, 0.25) is 0 Å². The summed E-state index contributed by atoms with van der Waals surface area (Å²) in [6.45, 7) is 10.3. The van der Waals surface area contributed by atoms with E-state index in [9.17, 15) is 9.59 Å². The zero-order valence-electron chi connectivity index (χ0n) is 23.7. The second-order valence-corrected chi connectivity index (χ2v) is 12.0. The van der Waals surface area contributed by atoms with E-state index in [4.69, 9.17) is 4.74 Å². The Balaban J connectivity index is 1.21. The first kappa shape index (κ1) is 28.2. The van der Waals surface area contributed by atoms with E-state index in [-0.39, 0.29) is 17.9 Å². The molecule has 2 aliphatic heterocycles. The quantitative estimate of drug-likeness (QED) is 0.353. The smallest absolute Gasteiger partial charge is 0.254 e. The lowest BCUT2D eigenvalue weighted by Gasteiger charge is -2.42. The summed E-state index contributed by atoms with van der Waals surface area (Å²) in [5.74, 6) is 0.782. The second kappa shape index (κ2) is 12.9. The number of amides is 2. The lowest BCUT2D eigenvalue weighted by molar-refractivity contribution is -0.124. The maximum atomic E-state index is 13.8. The van der Waals surface area contributed by atoms with Gasteiger partial charge in [-0.3, -0.25) is 14.5 Å². The van der Waals surface area contributed by atoms with Gasteiger partial charge in [0.25, 0.3) is 5.91 Å². The number of piperazine rings is 1. The Morgan fingerprint density at radius 3 is 2.50 bits per heavy atom. The highest BCUT2D eigenvalue weighted by atomic mass is 32.1. The average Bonchev–Trinajstić information content (AvgIpc) is 3.51. The molecule has 1 N–H and O–H groups in total. The zero-order chi connectivity index (χ0) is 28.1. The predicted octanol–water partition coefficient (Wildman–Crippen LogP) is 5.02. The van der Waals surface area contributed by atoms with Crippen molar-refractivity contribution in [2.75, 3.05) is 57.8 Å². The number of rotatable bonds is 10. The highest BCUT2D eigenvalue weighted by Crippen LogP contribution is 2.44. The summed E-state index contributed by atoms with van der Waals surface area (Å²) in [6, 6.07) is 19.6. The van der Waals surface area contributed by atoms with Crippen LogP contribution in [-0.4, -0.2) is 74.5 Å². The first-order valence-electron chi connectivity index (χ1n) is 14.3. The highest BCUT2D eigenvalue weighted by Gasteiger charge is 2.44. The lowest BCUT2D eigenvalue weighted by Crippen LogP contribution is -2.49. The number of anilines is 1. The number of para-hydroxylation sites is 2. The number of carbonyl (C=O) groups excluding carboxylic acids is 2. The molecule has 3 heterocycles. The maximum Gasteiger partial charge on any atom is 0.254 e. The first-order valence-corrected chi connectivity index (χ1v) is 15.2. The molecule has 40 heavy (non-hydrogen) atoms. The molecule has 2 atom stereocenters. The van der Waals surface area contributed by atoms with Crippen LogP contribution in [0.5, 0.6) is 5.75 Å². The number of thiophene rings is 1. The van der Waals surface area contributed by atoms with Crippen LogP contribution in [0, 0.1) is 5.92 Å². The average molecular weight is 561 g/mol. The number of carbonyl (C=O) groups is 2. The van der Waals surface area contributed by atoms with Gasteiger partial charge in [-0.1, -0.05) is 50.2 Å². The fraction of sp³-hybridized carbons (Fsp3) is 0.438. The third-order valence-corrected chi connectivity index (χ3v) is 8.81. The van der Waals surface area contributed by atoms with Crippen molar-refractivity contribution in [1.82, 2.24) is 15.1 Å². The Labute approximate surface area is 241 Å². The number of methoxy groups -OCH3 is 1. The van der Waals surface area contributed by atoms with Crippen LogP contribution in [0.4, 0.5) is 5.69 Å². The summed E-state index contributed by atoms with van der Waals surface area (Å²) in [6.07, 6.45) is 0.882. The minimum absolute atomic E-state index is 0.00639. The summed E-state index contributed by atoms with van der Waals surface area (Å²) in [5, 5.41) is 5.26. The van der Waals surface area contributed by atoms with Gasteiger partial charge in [-0.05, 0) is 54.1 Å². The molecule has 2 amide bonds. The van der Waals surface area contributed by atoms with E-state index in [0.717, 1.165) is 61.0 Å². The summed E-state index contributed by atoms with van der Waals surface area (Å²) < 4.78 is 5.55. The fourth-order valence-electron chi connectivity index (χ4n) is 5.97. The number of hydrogen-bond acceptors (Lipinski definition) is 6. The molecule has 3 aromatic rings. The minimum atomic E-state index is -0.435. The molecule has 1 aromatic heterocycles. The number of ether oxygens (including phenoxy) is 1. The third-order valence-electron chi connectivity index (χ3n) is 7.87. The van der Waals surface area contributed by atoms with Crippen LogP contribution in [-0.2, 0) is 4.79 Å². The first-order chi connectivity index (χ1) is 19.5. The fourth-order valence-corrected chi connectivity index (χ4v) is 6.85. The maximum absolute atomic E-state index is 13.8. The topological polar surface area (TPSA) is 65.1 Å². The monoisotopic (exact) mass is 560 g/mol. The van der Waals surface area contributed by atoms with E-state index in [1.807, 2.05) is 52.7 Å². The van der Waals surface area contributed by atoms with Crippen LogP contribution in [0.25, 0.3) is 0 Å². The van der Waals surface area contributed by atoms with Crippen LogP contribution < -0.4 is 15.0 Å². The number of nitrogens with zero attached hydrogens (tertiary/aromatic N) is 3. The predicted molar refractivity (Wildman–Crippen MR) is 161 cm³/mol. The third kappa shape index (κ3) is 6.03. The number of nitrogens with one attached hydrogen (secondary N) is 1. The summed E-state index contributed by atoms with van der Waals surface area (Å²) in [7, 11) is 1.72. The number of fused-ring (bicyclic) bond motifs is 1. The van der Waals surface area contributed by atoms with Gasteiger partial charge in [-0.2, -0.15) is 0 Å². The van der Waals surface area contributed by atoms with Crippen LogP contribution >= 0.6 is 11.3 Å². The van der Waals surface area contributed by atoms with Crippen LogP contribution in [0.15, 0.2) is 66.0 Å². The molecule has 1 fully saturated rings. The SMILES string of the molecule is COc1ccccc1N1CCN(CCCNC(=O)[C@@H]2c3ccccc3C(=O)N(CC(C)C)[C@H]2c2cccs2)CC1. The second-order valence-electron chi connectivity index (χ2n) is 11.0. The van der Waals surface area contributed by atoms with Crippen molar-refractivity contribution in [1.29, 1.82) is 0 Å². The molecule has 0 bridgehead atoms. The van der Waals surface area contributed by atoms with Crippen molar-refractivity contribution >= 4 is 28.8 Å². The van der Waals surface area contributed by atoms with Crippen molar-refractivity contribution in [3.63, 3.8) is 0 Å². The Hall–Kier alpha value is -3.36. The van der Waals surface area contributed by atoms with Gasteiger partial charge in [0.1, 0.15) is 5.75 Å². The Kier molecular flexibility index (Phi) is 9.07. The normalized spacial score (nSPS) is 19.6. The molecule has 0 aliphatic carbocycles. The van der Waals surface area contributed by atoms with E-state index >= 15 is 0 Å². The zero-order valence-corrected chi connectivity index (χ0v) is 24.5. The molecule has 0 saturated carbocycles. The number of benzene rings is 2. The van der Waals surface area contributed by atoms with E-state index < -0.39 is 5.92 Å². The molecule has 212 valence electrons. The molecule has 8 heteroatoms. The van der Waals surface area contributed by atoms with Gasteiger partial charge in [-0.15, -0.1) is 11.3 Å². The molecule has 0 spiro atoms. The lowest BCUT2D eigenvalue weighted by atomic mass is 9.81. The van der Waals surface area contributed by atoms with Gasteiger partial charge in [0.15, 0.2) is 0 Å². The van der Waals surface area contributed by atoms with Crippen molar-refractivity contribution in [2.45, 2.75) is 32.2 Å². The van der Waals surface area contributed by atoms with Crippen molar-refractivity contribution in [3.8, 4) is 5.75 Å². The molecule has 0 unspecified atom stereocenters. The van der Waals surface area contributed by atoms with E-state index in [1.54, 1.807) is 18.4 Å². The molecular formula is C32H40N4O3S. The molecule has 0 radical (unpaired) electrons. The van der Waals surface area contributed by atoms with Gasteiger partial charge >= 0.3 is 0 Å². The van der Waals surface area contributed by atoms with Crippen molar-refractivity contribution < 1.29 is 14.3 Å². The van der Waals surface area contributed by atoms with E-state index in [1.165, 1.54) is 0 Å². The van der Waals surface area contributed by atoms with Gasteiger partial charge in [0.05, 0.1) is 24.8 Å². The molecule has 2 aliphatic rings. The van der Waals surface area contributed by atoms with Gasteiger partial charge in [0, 0.05) is 49.7 Å². The molecule has 5 rings (SSSR count). The Morgan fingerprint density at radius 1 is 1.02 bits per heavy atom. The largest absolute Gasteiger partial charge is 0.495 e. The van der Waals surface area contributed by atoms with Gasteiger partial charge in [-0.25, -0.2) is 0 Å². The highest BCUT2D eigenvalue weighted by molar-refractivity contribution is 7.10. The van der Waals surface area contributed by atoms with Crippen molar-refractivity contribution in [2.24, 2.45) is 5.92 Å².